The Kier molecular flexibility index (Phi) is 10.6. The van der Waals surface area contributed by atoms with Crippen LogP contribution in [0.1, 0.15) is 6.92 Å². The van der Waals surface area contributed by atoms with Crippen molar-refractivity contribution in [2.75, 3.05) is 39.2 Å². The molecule has 1 aromatic carbocycles. The van der Waals surface area contributed by atoms with E-state index in [1.54, 1.807) is 32.5 Å². The smallest absolute Gasteiger partial charge is 0.232 e. The summed E-state index contributed by atoms with van der Waals surface area (Å²) in [5.74, 6) is 2.37. The normalized spacial score (nSPS) is 10.6. The van der Waals surface area contributed by atoms with E-state index in [9.17, 15) is 0 Å². The van der Waals surface area contributed by atoms with E-state index in [-0.39, 0.29) is 24.0 Å². The molecule has 0 aliphatic carbocycles. The van der Waals surface area contributed by atoms with Crippen molar-refractivity contribution >= 4 is 47.2 Å². The van der Waals surface area contributed by atoms with Crippen molar-refractivity contribution in [3.8, 4) is 17.4 Å². The minimum Gasteiger partial charge on any atom is -0.493 e. The molecule has 1 aromatic heterocycles. The predicted molar refractivity (Wildman–Crippen MR) is 119 cm³/mol. The Balaban J connectivity index is 0.00000364. The lowest BCUT2D eigenvalue weighted by Crippen LogP contribution is -2.33. The van der Waals surface area contributed by atoms with Crippen molar-refractivity contribution in [3.05, 3.63) is 41.6 Å². The highest BCUT2D eigenvalue weighted by molar-refractivity contribution is 14.0. The Morgan fingerprint density at radius 2 is 2.04 bits per heavy atom. The van der Waals surface area contributed by atoms with Gasteiger partial charge < -0.3 is 24.8 Å². The van der Waals surface area contributed by atoms with Crippen molar-refractivity contribution in [1.82, 2.24) is 10.3 Å². The molecule has 0 saturated heterocycles. The van der Waals surface area contributed by atoms with Gasteiger partial charge in [-0.15, -0.1) is 24.0 Å². The molecule has 7 nitrogen and oxygen atoms in total. The summed E-state index contributed by atoms with van der Waals surface area (Å²) in [5, 5.41) is 6.83. The Hall–Kier alpha value is -1.94. The van der Waals surface area contributed by atoms with Crippen molar-refractivity contribution in [3.63, 3.8) is 0 Å². The standard InChI is InChI=1S/C18H23ClN4O3.HI/c1-4-25-15-8-7-13(12-16(15)24-3)23-18(20-2)22-10-11-26-17-14(19)6-5-9-21-17;/h5-9,12H,4,10-11H2,1-3H3,(H2,20,22,23);1H. The Morgan fingerprint density at radius 1 is 1.22 bits per heavy atom. The summed E-state index contributed by atoms with van der Waals surface area (Å²) < 4.78 is 16.4. The Morgan fingerprint density at radius 3 is 2.70 bits per heavy atom. The molecule has 1 heterocycles. The van der Waals surface area contributed by atoms with Crippen LogP contribution in [0.5, 0.6) is 17.4 Å². The van der Waals surface area contributed by atoms with Gasteiger partial charge in [0, 0.05) is 25.0 Å². The molecule has 0 atom stereocenters. The highest BCUT2D eigenvalue weighted by Gasteiger charge is 2.07. The summed E-state index contributed by atoms with van der Waals surface area (Å²) in [5.41, 5.74) is 0.826. The molecule has 9 heteroatoms. The molecule has 0 aliphatic rings. The number of hydrogen-bond acceptors (Lipinski definition) is 5. The number of benzene rings is 1. The number of pyridine rings is 1. The van der Waals surface area contributed by atoms with E-state index >= 15 is 0 Å². The average Bonchev–Trinajstić information content (AvgIpc) is 2.66. The zero-order chi connectivity index (χ0) is 18.8. The number of aliphatic imine (C=N–C) groups is 1. The second kappa shape index (κ2) is 12.4. The molecule has 0 aliphatic heterocycles. The molecule has 0 radical (unpaired) electrons. The summed E-state index contributed by atoms with van der Waals surface area (Å²) in [6.45, 7) is 3.43. The van der Waals surface area contributed by atoms with Crippen LogP contribution in [0.3, 0.4) is 0 Å². The Bertz CT molecular complexity index is 746. The van der Waals surface area contributed by atoms with E-state index in [0.29, 0.717) is 48.1 Å². The van der Waals surface area contributed by atoms with Crippen molar-refractivity contribution in [2.45, 2.75) is 6.92 Å². The number of methoxy groups -OCH3 is 1. The van der Waals surface area contributed by atoms with Gasteiger partial charge in [0.25, 0.3) is 0 Å². The van der Waals surface area contributed by atoms with Crippen LogP contribution in [0.15, 0.2) is 41.5 Å². The van der Waals surface area contributed by atoms with Gasteiger partial charge in [0.15, 0.2) is 17.5 Å². The number of nitrogens with zero attached hydrogens (tertiary/aromatic N) is 2. The maximum absolute atomic E-state index is 6.00. The average molecular weight is 507 g/mol. The number of guanidine groups is 1. The van der Waals surface area contributed by atoms with Crippen LogP contribution in [-0.2, 0) is 0 Å². The highest BCUT2D eigenvalue weighted by atomic mass is 127. The summed E-state index contributed by atoms with van der Waals surface area (Å²) in [6, 6.07) is 9.08. The van der Waals surface area contributed by atoms with Gasteiger partial charge in [-0.25, -0.2) is 4.98 Å². The first-order chi connectivity index (χ1) is 12.7. The summed E-state index contributed by atoms with van der Waals surface area (Å²) >= 11 is 6.00. The highest BCUT2D eigenvalue weighted by Crippen LogP contribution is 2.30. The van der Waals surface area contributed by atoms with Crippen LogP contribution in [0.25, 0.3) is 0 Å². The van der Waals surface area contributed by atoms with Gasteiger partial charge in [-0.05, 0) is 31.2 Å². The lowest BCUT2D eigenvalue weighted by molar-refractivity contribution is 0.310. The zero-order valence-electron chi connectivity index (χ0n) is 15.5. The SMILES string of the molecule is CCOc1ccc(NC(=NC)NCCOc2ncccc2Cl)cc1OC.I. The molecule has 2 N–H and O–H groups in total. The predicted octanol–water partition coefficient (Wildman–Crippen LogP) is 3.83. The molecule has 2 rings (SSSR count). The molecule has 0 bridgehead atoms. The van der Waals surface area contributed by atoms with E-state index in [1.807, 2.05) is 25.1 Å². The van der Waals surface area contributed by atoms with Gasteiger partial charge in [0.05, 0.1) is 20.3 Å². The first-order valence-electron chi connectivity index (χ1n) is 8.19. The molecular formula is C18H24ClIN4O3. The second-order valence-corrected chi connectivity index (χ2v) is 5.47. The monoisotopic (exact) mass is 506 g/mol. The molecule has 0 amide bonds. The van der Waals surface area contributed by atoms with Gasteiger partial charge >= 0.3 is 0 Å². The minimum absolute atomic E-state index is 0. The van der Waals surface area contributed by atoms with Gasteiger partial charge in [-0.1, -0.05) is 11.6 Å². The fraction of sp³-hybridized carbons (Fsp3) is 0.333. The minimum atomic E-state index is 0. The number of halogens is 2. The summed E-state index contributed by atoms with van der Waals surface area (Å²) in [7, 11) is 3.30. The first-order valence-corrected chi connectivity index (χ1v) is 8.57. The van der Waals surface area contributed by atoms with Gasteiger partial charge in [-0.2, -0.15) is 0 Å². The van der Waals surface area contributed by atoms with Gasteiger partial charge in [-0.3, -0.25) is 4.99 Å². The largest absolute Gasteiger partial charge is 0.493 e. The lowest BCUT2D eigenvalue weighted by atomic mass is 10.2. The fourth-order valence-corrected chi connectivity index (χ4v) is 2.31. The second-order valence-electron chi connectivity index (χ2n) is 5.06. The number of anilines is 1. The van der Waals surface area contributed by atoms with Crippen LogP contribution >= 0.6 is 35.6 Å². The zero-order valence-corrected chi connectivity index (χ0v) is 18.6. The summed E-state index contributed by atoms with van der Waals surface area (Å²) in [6.07, 6.45) is 1.63. The van der Waals surface area contributed by atoms with E-state index in [2.05, 4.69) is 20.6 Å². The van der Waals surface area contributed by atoms with Crippen LogP contribution in [0, 0.1) is 0 Å². The molecule has 2 aromatic rings. The topological polar surface area (TPSA) is 77.0 Å². The van der Waals surface area contributed by atoms with Crippen LogP contribution in [0.2, 0.25) is 5.02 Å². The lowest BCUT2D eigenvalue weighted by Gasteiger charge is -2.15. The number of ether oxygens (including phenoxy) is 3. The van der Waals surface area contributed by atoms with E-state index in [1.165, 1.54) is 0 Å². The molecule has 0 unspecified atom stereocenters. The third-order valence-electron chi connectivity index (χ3n) is 3.31. The van der Waals surface area contributed by atoms with E-state index < -0.39 is 0 Å². The number of nitrogens with one attached hydrogen (secondary N) is 2. The maximum atomic E-state index is 6.00. The molecule has 0 spiro atoms. The van der Waals surface area contributed by atoms with E-state index in [4.69, 9.17) is 25.8 Å². The van der Waals surface area contributed by atoms with Gasteiger partial charge in [0.2, 0.25) is 5.88 Å². The number of hydrogen-bond donors (Lipinski definition) is 2. The third kappa shape index (κ3) is 7.30. The van der Waals surface area contributed by atoms with Crippen LogP contribution in [-0.4, -0.2) is 44.9 Å². The van der Waals surface area contributed by atoms with Crippen molar-refractivity contribution in [1.29, 1.82) is 0 Å². The summed E-state index contributed by atoms with van der Waals surface area (Å²) in [4.78, 5) is 8.26. The van der Waals surface area contributed by atoms with E-state index in [0.717, 1.165) is 5.69 Å². The molecule has 0 fully saturated rings. The quantitative estimate of drug-likeness (QED) is 0.245. The van der Waals surface area contributed by atoms with Gasteiger partial charge in [0.1, 0.15) is 11.6 Å². The first kappa shape index (κ1) is 23.1. The maximum Gasteiger partial charge on any atom is 0.232 e. The van der Waals surface area contributed by atoms with Crippen LogP contribution in [0.4, 0.5) is 5.69 Å². The fourth-order valence-electron chi connectivity index (χ4n) is 2.13. The Labute approximate surface area is 181 Å². The molecule has 27 heavy (non-hydrogen) atoms. The number of aromatic nitrogens is 1. The number of rotatable bonds is 8. The molecule has 0 saturated carbocycles. The van der Waals surface area contributed by atoms with Crippen molar-refractivity contribution < 1.29 is 14.2 Å². The van der Waals surface area contributed by atoms with Crippen molar-refractivity contribution in [2.24, 2.45) is 4.99 Å². The van der Waals surface area contributed by atoms with Crippen LogP contribution < -0.4 is 24.8 Å². The molecular weight excluding hydrogens is 483 g/mol. The molecule has 148 valence electrons. The third-order valence-corrected chi connectivity index (χ3v) is 3.60.